The Morgan fingerprint density at radius 1 is 1.03 bits per heavy atom. The molecule has 1 N–H and O–H groups in total. The van der Waals surface area contributed by atoms with Gasteiger partial charge in [-0.15, -0.1) is 0 Å². The van der Waals surface area contributed by atoms with E-state index >= 15 is 0 Å². The zero-order chi connectivity index (χ0) is 21.8. The van der Waals surface area contributed by atoms with Gasteiger partial charge in [-0.25, -0.2) is 19.9 Å². The second-order valence-corrected chi connectivity index (χ2v) is 7.84. The third kappa shape index (κ3) is 5.31. The normalized spacial score (nSPS) is 16.1. The highest BCUT2D eigenvalue weighted by atomic mass is 16.2. The molecule has 3 aromatic rings. The number of carbonyl (C=O) groups excluding carboxylic acids is 1. The molecular weight excluding hydrogens is 388 g/mol. The lowest BCUT2D eigenvalue weighted by molar-refractivity contribution is -0.124. The van der Waals surface area contributed by atoms with Crippen LogP contribution in [0, 0.1) is 20.8 Å². The van der Waals surface area contributed by atoms with Gasteiger partial charge in [-0.05, 0) is 44.9 Å². The van der Waals surface area contributed by atoms with Crippen LogP contribution in [0.4, 0.5) is 11.8 Å². The summed E-state index contributed by atoms with van der Waals surface area (Å²) in [5.41, 5.74) is 3.74. The van der Waals surface area contributed by atoms with Crippen molar-refractivity contribution in [1.29, 1.82) is 0 Å². The van der Waals surface area contributed by atoms with E-state index in [-0.39, 0.29) is 11.8 Å². The van der Waals surface area contributed by atoms with Gasteiger partial charge in [0, 0.05) is 42.5 Å². The maximum absolute atomic E-state index is 12.6. The summed E-state index contributed by atoms with van der Waals surface area (Å²) in [7, 11) is 0. The number of amides is 1. The van der Waals surface area contributed by atoms with Gasteiger partial charge in [-0.2, -0.15) is 0 Å². The Morgan fingerprint density at radius 3 is 2.52 bits per heavy atom. The number of likely N-dealkylation sites (tertiary alicyclic amines) is 1. The molecule has 1 fully saturated rings. The number of hydrogen-bond acceptors (Lipinski definition) is 6. The SMILES string of the molecule is Cc1cc(C)nc(Nc2cc([C@@H]3CCN(C(=O)/C=C/c4ccccc4)C3)nc(C)n2)n1. The van der Waals surface area contributed by atoms with Gasteiger partial charge in [0.15, 0.2) is 0 Å². The minimum Gasteiger partial charge on any atom is -0.338 e. The molecule has 1 amide bonds. The Kier molecular flexibility index (Phi) is 6.02. The highest BCUT2D eigenvalue weighted by Gasteiger charge is 2.27. The van der Waals surface area contributed by atoms with E-state index in [1.54, 1.807) is 6.08 Å². The number of rotatable bonds is 5. The molecule has 1 saturated heterocycles. The molecule has 7 heteroatoms. The molecule has 0 radical (unpaired) electrons. The maximum Gasteiger partial charge on any atom is 0.246 e. The van der Waals surface area contributed by atoms with Gasteiger partial charge >= 0.3 is 0 Å². The zero-order valence-electron chi connectivity index (χ0n) is 18.0. The summed E-state index contributed by atoms with van der Waals surface area (Å²) in [6.07, 6.45) is 4.38. The average Bonchev–Trinajstić information content (AvgIpc) is 3.22. The van der Waals surface area contributed by atoms with Crippen molar-refractivity contribution in [3.05, 3.63) is 77.0 Å². The van der Waals surface area contributed by atoms with E-state index in [4.69, 9.17) is 0 Å². The van der Waals surface area contributed by atoms with Crippen molar-refractivity contribution in [2.75, 3.05) is 18.4 Å². The smallest absolute Gasteiger partial charge is 0.246 e. The highest BCUT2D eigenvalue weighted by molar-refractivity contribution is 5.92. The van der Waals surface area contributed by atoms with Crippen LogP contribution >= 0.6 is 0 Å². The number of benzene rings is 1. The molecule has 0 aliphatic carbocycles. The molecule has 0 unspecified atom stereocenters. The van der Waals surface area contributed by atoms with Crippen molar-refractivity contribution in [2.45, 2.75) is 33.1 Å². The summed E-state index contributed by atoms with van der Waals surface area (Å²) >= 11 is 0. The fraction of sp³-hybridized carbons (Fsp3) is 0.292. The number of nitrogens with zero attached hydrogens (tertiary/aromatic N) is 5. The fourth-order valence-electron chi connectivity index (χ4n) is 3.80. The summed E-state index contributed by atoms with van der Waals surface area (Å²) in [4.78, 5) is 32.5. The van der Waals surface area contributed by atoms with Crippen LogP contribution in [0.3, 0.4) is 0 Å². The molecule has 3 heterocycles. The summed E-state index contributed by atoms with van der Waals surface area (Å²) in [5.74, 6) is 2.07. The number of aryl methyl sites for hydroxylation is 3. The van der Waals surface area contributed by atoms with Gasteiger partial charge in [0.25, 0.3) is 0 Å². The third-order valence-corrected chi connectivity index (χ3v) is 5.22. The van der Waals surface area contributed by atoms with E-state index in [2.05, 4.69) is 25.3 Å². The monoisotopic (exact) mass is 414 g/mol. The van der Waals surface area contributed by atoms with Crippen molar-refractivity contribution in [2.24, 2.45) is 0 Å². The third-order valence-electron chi connectivity index (χ3n) is 5.22. The van der Waals surface area contributed by atoms with Gasteiger partial charge in [0.05, 0.1) is 5.69 Å². The highest BCUT2D eigenvalue weighted by Crippen LogP contribution is 2.28. The molecule has 1 aromatic carbocycles. The van der Waals surface area contributed by atoms with Crippen LogP contribution < -0.4 is 5.32 Å². The first-order chi connectivity index (χ1) is 15.0. The number of anilines is 2. The molecule has 0 saturated carbocycles. The van der Waals surface area contributed by atoms with Crippen molar-refractivity contribution in [3.8, 4) is 0 Å². The molecule has 1 aliphatic heterocycles. The lowest BCUT2D eigenvalue weighted by atomic mass is 10.0. The first-order valence-corrected chi connectivity index (χ1v) is 10.4. The summed E-state index contributed by atoms with van der Waals surface area (Å²) < 4.78 is 0. The first-order valence-electron chi connectivity index (χ1n) is 10.4. The molecule has 31 heavy (non-hydrogen) atoms. The minimum atomic E-state index is 0.0270. The van der Waals surface area contributed by atoms with Crippen LogP contribution in [0.25, 0.3) is 6.08 Å². The van der Waals surface area contributed by atoms with E-state index in [1.165, 1.54) is 0 Å². The molecule has 7 nitrogen and oxygen atoms in total. The molecule has 158 valence electrons. The van der Waals surface area contributed by atoms with E-state index in [0.717, 1.165) is 29.1 Å². The Balaban J connectivity index is 1.45. The lowest BCUT2D eigenvalue weighted by Crippen LogP contribution is -2.26. The number of nitrogens with one attached hydrogen (secondary N) is 1. The summed E-state index contributed by atoms with van der Waals surface area (Å²) in [6.45, 7) is 7.11. The zero-order valence-corrected chi connectivity index (χ0v) is 18.0. The number of hydrogen-bond donors (Lipinski definition) is 1. The Morgan fingerprint density at radius 2 is 1.77 bits per heavy atom. The second-order valence-electron chi connectivity index (χ2n) is 7.84. The molecular formula is C24H26N6O. The largest absolute Gasteiger partial charge is 0.338 e. The fourth-order valence-corrected chi connectivity index (χ4v) is 3.80. The Hall–Kier alpha value is -3.61. The van der Waals surface area contributed by atoms with Crippen LogP contribution in [0.15, 0.2) is 48.5 Å². The van der Waals surface area contributed by atoms with Crippen molar-refractivity contribution in [3.63, 3.8) is 0 Å². The van der Waals surface area contributed by atoms with Crippen LogP contribution in [0.2, 0.25) is 0 Å². The standard InChI is InChI=1S/C24H26N6O/c1-16-13-17(2)26-24(25-16)29-22-14-21(27-18(3)28-22)20-11-12-30(15-20)23(31)10-9-19-7-5-4-6-8-19/h4-10,13-14,20H,11-12,15H2,1-3H3,(H,25,26,27,28,29)/b10-9+/t20-/m1/s1. The van der Waals surface area contributed by atoms with E-state index < -0.39 is 0 Å². The van der Waals surface area contributed by atoms with Gasteiger partial charge in [-0.3, -0.25) is 4.79 Å². The lowest BCUT2D eigenvalue weighted by Gasteiger charge is -2.15. The van der Waals surface area contributed by atoms with Crippen LogP contribution in [0.1, 0.15) is 40.8 Å². The maximum atomic E-state index is 12.6. The number of aromatic nitrogens is 4. The summed E-state index contributed by atoms with van der Waals surface area (Å²) in [6, 6.07) is 13.7. The predicted octanol–water partition coefficient (Wildman–Crippen LogP) is 3.96. The van der Waals surface area contributed by atoms with E-state index in [0.29, 0.717) is 30.7 Å². The van der Waals surface area contributed by atoms with Gasteiger partial charge < -0.3 is 10.2 Å². The molecule has 4 rings (SSSR count). The van der Waals surface area contributed by atoms with E-state index in [1.807, 2.05) is 74.2 Å². The van der Waals surface area contributed by atoms with Crippen LogP contribution in [-0.4, -0.2) is 43.8 Å². The first kappa shape index (κ1) is 20.7. The van der Waals surface area contributed by atoms with E-state index in [9.17, 15) is 4.79 Å². The molecule has 2 aromatic heterocycles. The number of carbonyl (C=O) groups is 1. The second kappa shape index (κ2) is 9.04. The topological polar surface area (TPSA) is 83.9 Å². The molecule has 0 spiro atoms. The van der Waals surface area contributed by atoms with Gasteiger partial charge in [0.2, 0.25) is 11.9 Å². The average molecular weight is 415 g/mol. The minimum absolute atomic E-state index is 0.0270. The van der Waals surface area contributed by atoms with Crippen molar-refractivity contribution >= 4 is 23.7 Å². The predicted molar refractivity (Wildman–Crippen MR) is 121 cm³/mol. The van der Waals surface area contributed by atoms with Crippen molar-refractivity contribution < 1.29 is 4.79 Å². The van der Waals surface area contributed by atoms with Crippen LogP contribution in [0.5, 0.6) is 0 Å². The van der Waals surface area contributed by atoms with Crippen molar-refractivity contribution in [1.82, 2.24) is 24.8 Å². The summed E-state index contributed by atoms with van der Waals surface area (Å²) in [5, 5.41) is 3.20. The van der Waals surface area contributed by atoms with Gasteiger partial charge in [-0.1, -0.05) is 30.3 Å². The molecule has 0 bridgehead atoms. The molecule has 1 atom stereocenters. The van der Waals surface area contributed by atoms with Gasteiger partial charge in [0.1, 0.15) is 11.6 Å². The Bertz CT molecular complexity index is 1090. The van der Waals surface area contributed by atoms with Crippen LogP contribution in [-0.2, 0) is 4.79 Å². The molecule has 1 aliphatic rings. The quantitative estimate of drug-likeness (QED) is 0.636. The Labute approximate surface area is 182 Å².